The van der Waals surface area contributed by atoms with Gasteiger partial charge in [0, 0.05) is 25.1 Å². The third-order valence-electron chi connectivity index (χ3n) is 6.33. The van der Waals surface area contributed by atoms with E-state index in [1.54, 1.807) is 0 Å². The summed E-state index contributed by atoms with van der Waals surface area (Å²) < 4.78 is 86.4. The zero-order valence-electron chi connectivity index (χ0n) is 17.9. The van der Waals surface area contributed by atoms with Gasteiger partial charge in [0.15, 0.2) is 0 Å². The van der Waals surface area contributed by atoms with Crippen LogP contribution in [0.4, 0.5) is 36.8 Å². The van der Waals surface area contributed by atoms with Gasteiger partial charge >= 0.3 is 18.4 Å². The molecule has 3 unspecified atom stereocenters. The van der Waals surface area contributed by atoms with E-state index in [0.29, 0.717) is 0 Å². The molecular weight excluding hydrogens is 484 g/mol. The number of likely N-dealkylation sites (tertiary alicyclic amines) is 1. The van der Waals surface area contributed by atoms with Crippen LogP contribution in [0.2, 0.25) is 0 Å². The number of alkyl halides is 6. The van der Waals surface area contributed by atoms with Crippen molar-refractivity contribution in [2.24, 2.45) is 5.92 Å². The Balaban J connectivity index is 1.46. The van der Waals surface area contributed by atoms with E-state index in [4.69, 9.17) is 4.42 Å². The van der Waals surface area contributed by atoms with Crippen molar-refractivity contribution in [2.45, 2.75) is 50.1 Å². The fraction of sp³-hybridized carbons (Fsp3) is 0.450. The standard InChI is InChI=1S/C20H17F6N7O2/c1-10-30-31-16(35-10)18-8-11(19(21,22)23)6-13(9-18)32(18)17(34)29-12-2-3-14(20(24,25)26)15(7-12)33-27-4-5-28-33/h2-5,7,11,13H,6,8-9H2,1H3,(H,29,34). The van der Waals surface area contributed by atoms with E-state index in [1.807, 2.05) is 0 Å². The molecule has 1 aliphatic carbocycles. The highest BCUT2D eigenvalue weighted by Crippen LogP contribution is 2.58. The fourth-order valence-corrected chi connectivity index (χ4v) is 4.92. The van der Waals surface area contributed by atoms with E-state index in [9.17, 15) is 31.1 Å². The third-order valence-corrected chi connectivity index (χ3v) is 6.33. The number of piperidine rings is 1. The van der Waals surface area contributed by atoms with Gasteiger partial charge in [0.2, 0.25) is 11.8 Å². The molecule has 1 saturated carbocycles. The summed E-state index contributed by atoms with van der Waals surface area (Å²) >= 11 is 0. The summed E-state index contributed by atoms with van der Waals surface area (Å²) in [6.45, 7) is 1.48. The third kappa shape index (κ3) is 3.87. The summed E-state index contributed by atoms with van der Waals surface area (Å²) in [6.07, 6.45) is -7.37. The molecule has 35 heavy (non-hydrogen) atoms. The summed E-state index contributed by atoms with van der Waals surface area (Å²) in [4.78, 5) is 15.2. The smallest absolute Gasteiger partial charge is 0.418 e. The van der Waals surface area contributed by atoms with Crippen molar-refractivity contribution in [1.82, 2.24) is 30.1 Å². The second-order valence-corrected chi connectivity index (χ2v) is 8.54. The molecule has 1 aromatic carbocycles. The molecule has 1 saturated heterocycles. The van der Waals surface area contributed by atoms with Crippen LogP contribution in [0.15, 0.2) is 35.0 Å². The first-order chi connectivity index (χ1) is 16.4. The van der Waals surface area contributed by atoms with Crippen LogP contribution in [0.5, 0.6) is 0 Å². The molecule has 1 aliphatic heterocycles. The molecule has 15 heteroatoms. The van der Waals surface area contributed by atoms with Crippen LogP contribution >= 0.6 is 0 Å². The number of aryl methyl sites for hydroxylation is 1. The molecule has 2 fully saturated rings. The molecule has 186 valence electrons. The predicted molar refractivity (Wildman–Crippen MR) is 105 cm³/mol. The van der Waals surface area contributed by atoms with Crippen LogP contribution in [0, 0.1) is 12.8 Å². The molecule has 1 N–H and O–H groups in total. The van der Waals surface area contributed by atoms with Gasteiger partial charge in [-0.25, -0.2) is 4.79 Å². The molecule has 0 spiro atoms. The predicted octanol–water partition coefficient (Wildman–Crippen LogP) is 4.45. The van der Waals surface area contributed by atoms with Crippen LogP contribution in [-0.2, 0) is 11.7 Å². The van der Waals surface area contributed by atoms with Crippen molar-refractivity contribution in [3.8, 4) is 5.69 Å². The van der Waals surface area contributed by atoms with Crippen LogP contribution in [0.1, 0.15) is 36.6 Å². The second kappa shape index (κ2) is 7.68. The van der Waals surface area contributed by atoms with Crippen LogP contribution in [-0.4, -0.2) is 48.3 Å². The molecule has 9 nitrogen and oxygen atoms in total. The van der Waals surface area contributed by atoms with E-state index >= 15 is 0 Å². The van der Waals surface area contributed by atoms with E-state index in [1.165, 1.54) is 24.2 Å². The quantitative estimate of drug-likeness (QED) is 0.532. The van der Waals surface area contributed by atoms with Gasteiger partial charge in [-0.2, -0.15) is 41.3 Å². The number of amides is 2. The van der Waals surface area contributed by atoms with Gasteiger partial charge in [-0.3, -0.25) is 0 Å². The Bertz CT molecular complexity index is 1260. The number of benzene rings is 1. The number of anilines is 1. The average Bonchev–Trinajstić information content (AvgIpc) is 3.44. The Morgan fingerprint density at radius 3 is 2.43 bits per heavy atom. The number of nitrogens with one attached hydrogen (secondary N) is 1. The van der Waals surface area contributed by atoms with E-state index in [2.05, 4.69) is 25.7 Å². The summed E-state index contributed by atoms with van der Waals surface area (Å²) in [5.74, 6) is -1.64. The zero-order valence-corrected chi connectivity index (χ0v) is 17.9. The first kappa shape index (κ1) is 23.1. The topological polar surface area (TPSA) is 102 Å². The van der Waals surface area contributed by atoms with Gasteiger partial charge in [-0.15, -0.1) is 10.2 Å². The lowest BCUT2D eigenvalue weighted by molar-refractivity contribution is -0.229. The monoisotopic (exact) mass is 501 g/mol. The molecule has 0 radical (unpaired) electrons. The number of halogens is 6. The maximum absolute atomic E-state index is 13.5. The minimum Gasteiger partial charge on any atom is -0.423 e. The van der Waals surface area contributed by atoms with Gasteiger partial charge in [0.05, 0.1) is 29.6 Å². The van der Waals surface area contributed by atoms with E-state index < -0.39 is 53.6 Å². The fourth-order valence-electron chi connectivity index (χ4n) is 4.92. The average molecular weight is 501 g/mol. The first-order valence-corrected chi connectivity index (χ1v) is 10.4. The number of nitrogens with zero attached hydrogens (tertiary/aromatic N) is 6. The molecule has 2 aliphatic rings. The van der Waals surface area contributed by atoms with Crippen LogP contribution in [0.25, 0.3) is 5.69 Å². The Hall–Kier alpha value is -3.65. The maximum atomic E-state index is 13.5. The Kier molecular flexibility index (Phi) is 5.07. The Morgan fingerprint density at radius 1 is 1.11 bits per heavy atom. The summed E-state index contributed by atoms with van der Waals surface area (Å²) in [5, 5.41) is 17.5. The molecule has 3 atom stereocenters. The first-order valence-electron chi connectivity index (χ1n) is 10.4. The van der Waals surface area contributed by atoms with Crippen molar-refractivity contribution in [1.29, 1.82) is 0 Å². The lowest BCUT2D eigenvalue weighted by atomic mass is 9.63. The van der Waals surface area contributed by atoms with Crippen molar-refractivity contribution in [3.63, 3.8) is 0 Å². The molecule has 2 bridgehead atoms. The van der Waals surface area contributed by atoms with Crippen molar-refractivity contribution in [2.75, 3.05) is 5.32 Å². The largest absolute Gasteiger partial charge is 0.423 e. The highest BCUT2D eigenvalue weighted by atomic mass is 19.4. The van der Waals surface area contributed by atoms with Gasteiger partial charge in [0.25, 0.3) is 0 Å². The Morgan fingerprint density at radius 2 is 1.83 bits per heavy atom. The van der Waals surface area contributed by atoms with Crippen molar-refractivity contribution >= 4 is 11.7 Å². The maximum Gasteiger partial charge on any atom is 0.418 e. The number of aromatic nitrogens is 5. The van der Waals surface area contributed by atoms with Gasteiger partial charge < -0.3 is 14.6 Å². The lowest BCUT2D eigenvalue weighted by Crippen LogP contribution is -2.71. The summed E-state index contributed by atoms with van der Waals surface area (Å²) in [5.41, 5.74) is -2.95. The highest BCUT2D eigenvalue weighted by Gasteiger charge is 2.66. The summed E-state index contributed by atoms with van der Waals surface area (Å²) in [7, 11) is 0. The number of hydrogen-bond acceptors (Lipinski definition) is 6. The van der Waals surface area contributed by atoms with Gasteiger partial charge in [-0.05, 0) is 31.0 Å². The molecule has 2 aromatic heterocycles. The lowest BCUT2D eigenvalue weighted by Gasteiger charge is -2.61. The molecule has 3 aromatic rings. The van der Waals surface area contributed by atoms with Gasteiger partial charge in [-0.1, -0.05) is 0 Å². The SMILES string of the molecule is Cc1nnc(C23CC(CC(C(F)(F)F)C2)N3C(=O)Nc2ccc(C(F)(F)F)c(-n3nccn3)c2)o1. The number of rotatable bonds is 3. The normalized spacial score (nSPS) is 24.3. The number of carbonyl (C=O) groups excluding carboxylic acids is 1. The molecule has 3 heterocycles. The number of urea groups is 1. The van der Waals surface area contributed by atoms with E-state index in [0.717, 1.165) is 23.0 Å². The minimum absolute atomic E-state index is 0.0236. The second-order valence-electron chi connectivity index (χ2n) is 8.54. The van der Waals surface area contributed by atoms with Crippen molar-refractivity contribution < 1.29 is 35.6 Å². The van der Waals surface area contributed by atoms with Gasteiger partial charge in [0.1, 0.15) is 5.54 Å². The zero-order chi connectivity index (χ0) is 25.2. The minimum atomic E-state index is -4.72. The number of hydrogen-bond donors (Lipinski definition) is 1. The molecule has 5 rings (SSSR count). The van der Waals surface area contributed by atoms with Crippen molar-refractivity contribution in [3.05, 3.63) is 47.9 Å². The van der Waals surface area contributed by atoms with E-state index in [-0.39, 0.29) is 30.3 Å². The summed E-state index contributed by atoms with van der Waals surface area (Å²) in [6, 6.07) is 1.30. The molecular formula is C20H17F6N7O2. The van der Waals surface area contributed by atoms with Crippen LogP contribution < -0.4 is 5.32 Å². The number of carbonyl (C=O) groups is 1. The molecule has 2 amide bonds. The highest BCUT2D eigenvalue weighted by molar-refractivity contribution is 5.91. The van der Waals surface area contributed by atoms with Crippen LogP contribution in [0.3, 0.4) is 0 Å². The number of fused-ring (bicyclic) bond motifs is 2. The Labute approximate surface area is 193 Å².